The van der Waals surface area contributed by atoms with Crippen LogP contribution in [0.25, 0.3) is 0 Å². The molecule has 0 heterocycles. The van der Waals surface area contributed by atoms with Crippen LogP contribution in [0.5, 0.6) is 11.5 Å². The number of nitrogens with two attached hydrogens (primary N) is 2. The molecule has 0 saturated carbocycles. The van der Waals surface area contributed by atoms with Crippen LogP contribution in [0, 0.1) is 12.7 Å². The van der Waals surface area contributed by atoms with Gasteiger partial charge in [0.05, 0.1) is 6.54 Å². The summed E-state index contributed by atoms with van der Waals surface area (Å²) in [6.07, 6.45) is 0. The summed E-state index contributed by atoms with van der Waals surface area (Å²) in [6.45, 7) is 2.36. The van der Waals surface area contributed by atoms with E-state index in [0.29, 0.717) is 18.0 Å². The minimum absolute atomic E-state index is 0.0642. The van der Waals surface area contributed by atoms with Gasteiger partial charge in [-0.2, -0.15) is 0 Å². The van der Waals surface area contributed by atoms with Crippen LogP contribution in [0.1, 0.15) is 11.1 Å². The molecule has 0 atom stereocenters. The second-order valence-corrected chi connectivity index (χ2v) is 4.40. The molecule has 0 radical (unpaired) electrons. The van der Waals surface area contributed by atoms with E-state index in [2.05, 4.69) is 4.99 Å². The highest BCUT2D eigenvalue weighted by molar-refractivity contribution is 5.75. The van der Waals surface area contributed by atoms with Crippen molar-refractivity contribution in [3.63, 3.8) is 0 Å². The normalized spacial score (nSPS) is 10.1. The number of guanidine groups is 1. The number of ether oxygens (including phenoxy) is 1. The predicted octanol–water partition coefficient (Wildman–Crippen LogP) is 2.70. The molecule has 0 unspecified atom stereocenters. The molecule has 0 bridgehead atoms. The van der Waals surface area contributed by atoms with E-state index in [-0.39, 0.29) is 11.8 Å². The lowest BCUT2D eigenvalue weighted by Gasteiger charge is -2.09. The fraction of sp³-hybridized carbons (Fsp3) is 0.133. The lowest BCUT2D eigenvalue weighted by atomic mass is 10.1. The average molecular weight is 273 g/mol. The van der Waals surface area contributed by atoms with Crippen LogP contribution in [-0.4, -0.2) is 5.96 Å². The van der Waals surface area contributed by atoms with Crippen molar-refractivity contribution in [2.75, 3.05) is 0 Å². The molecule has 0 saturated heterocycles. The quantitative estimate of drug-likeness (QED) is 0.664. The van der Waals surface area contributed by atoms with Crippen molar-refractivity contribution < 1.29 is 9.13 Å². The number of benzene rings is 2. The Morgan fingerprint density at radius 3 is 2.45 bits per heavy atom. The third-order valence-corrected chi connectivity index (χ3v) is 2.72. The highest BCUT2D eigenvalue weighted by Gasteiger charge is 2.03. The number of halogens is 1. The van der Waals surface area contributed by atoms with Crippen LogP contribution < -0.4 is 16.2 Å². The lowest BCUT2D eigenvalue weighted by molar-refractivity contribution is 0.476. The molecule has 20 heavy (non-hydrogen) atoms. The zero-order valence-corrected chi connectivity index (χ0v) is 11.1. The van der Waals surface area contributed by atoms with E-state index in [1.165, 1.54) is 12.1 Å². The Labute approximate surface area is 116 Å². The predicted molar refractivity (Wildman–Crippen MR) is 77.2 cm³/mol. The largest absolute Gasteiger partial charge is 0.457 e. The van der Waals surface area contributed by atoms with Gasteiger partial charge in [-0.15, -0.1) is 0 Å². The highest BCUT2D eigenvalue weighted by Crippen LogP contribution is 2.26. The SMILES string of the molecule is Cc1cc(CN=C(N)N)ccc1Oc1ccc(F)cc1. The van der Waals surface area contributed by atoms with Gasteiger partial charge in [0.1, 0.15) is 17.3 Å². The summed E-state index contributed by atoms with van der Waals surface area (Å²) in [5.74, 6) is 1.08. The highest BCUT2D eigenvalue weighted by atomic mass is 19.1. The monoisotopic (exact) mass is 273 g/mol. The molecule has 0 amide bonds. The second kappa shape index (κ2) is 6.06. The molecule has 4 nitrogen and oxygen atoms in total. The first kappa shape index (κ1) is 13.9. The molecule has 0 aliphatic carbocycles. The Morgan fingerprint density at radius 2 is 1.85 bits per heavy atom. The summed E-state index contributed by atoms with van der Waals surface area (Å²) in [5.41, 5.74) is 12.5. The van der Waals surface area contributed by atoms with Crippen LogP contribution in [-0.2, 0) is 6.54 Å². The van der Waals surface area contributed by atoms with E-state index in [4.69, 9.17) is 16.2 Å². The zero-order chi connectivity index (χ0) is 14.5. The third kappa shape index (κ3) is 3.71. The maximum Gasteiger partial charge on any atom is 0.186 e. The van der Waals surface area contributed by atoms with Gasteiger partial charge in [0, 0.05) is 0 Å². The molecule has 2 aromatic rings. The minimum Gasteiger partial charge on any atom is -0.457 e. The first-order valence-corrected chi connectivity index (χ1v) is 6.13. The molecule has 0 fully saturated rings. The van der Waals surface area contributed by atoms with Crippen molar-refractivity contribution in [3.05, 3.63) is 59.4 Å². The van der Waals surface area contributed by atoms with Crippen LogP contribution in [0.4, 0.5) is 4.39 Å². The van der Waals surface area contributed by atoms with Crippen LogP contribution in [0.2, 0.25) is 0 Å². The fourth-order valence-corrected chi connectivity index (χ4v) is 1.74. The number of aliphatic imine (C=N–C) groups is 1. The van der Waals surface area contributed by atoms with Gasteiger partial charge >= 0.3 is 0 Å². The summed E-state index contributed by atoms with van der Waals surface area (Å²) < 4.78 is 18.5. The zero-order valence-electron chi connectivity index (χ0n) is 11.1. The maximum atomic E-state index is 12.8. The lowest BCUT2D eigenvalue weighted by Crippen LogP contribution is -2.22. The molecule has 4 N–H and O–H groups in total. The number of aryl methyl sites for hydroxylation is 1. The van der Waals surface area contributed by atoms with Gasteiger partial charge in [-0.25, -0.2) is 9.38 Å². The van der Waals surface area contributed by atoms with E-state index < -0.39 is 0 Å². The number of hydrogen-bond acceptors (Lipinski definition) is 2. The van der Waals surface area contributed by atoms with Gasteiger partial charge in [0.15, 0.2) is 5.96 Å². The summed E-state index contributed by atoms with van der Waals surface area (Å²) in [5, 5.41) is 0. The maximum absolute atomic E-state index is 12.8. The van der Waals surface area contributed by atoms with Gasteiger partial charge in [-0.1, -0.05) is 12.1 Å². The van der Waals surface area contributed by atoms with Gasteiger partial charge in [0.2, 0.25) is 0 Å². The van der Waals surface area contributed by atoms with Gasteiger partial charge in [-0.05, 0) is 48.4 Å². The van der Waals surface area contributed by atoms with Crippen molar-refractivity contribution in [1.82, 2.24) is 0 Å². The number of rotatable bonds is 4. The second-order valence-electron chi connectivity index (χ2n) is 4.40. The van der Waals surface area contributed by atoms with Crippen molar-refractivity contribution in [1.29, 1.82) is 0 Å². The van der Waals surface area contributed by atoms with Crippen molar-refractivity contribution >= 4 is 5.96 Å². The summed E-state index contributed by atoms with van der Waals surface area (Å²) in [6, 6.07) is 11.6. The molecule has 0 aromatic heterocycles. The van der Waals surface area contributed by atoms with Gasteiger partial charge in [0.25, 0.3) is 0 Å². The molecular formula is C15H16FN3O. The first-order chi connectivity index (χ1) is 9.54. The minimum atomic E-state index is -0.290. The average Bonchev–Trinajstić information content (AvgIpc) is 2.41. The topological polar surface area (TPSA) is 73.6 Å². The molecule has 0 aliphatic rings. The Balaban J connectivity index is 2.13. The first-order valence-electron chi connectivity index (χ1n) is 6.13. The molecular weight excluding hydrogens is 257 g/mol. The Morgan fingerprint density at radius 1 is 1.15 bits per heavy atom. The van der Waals surface area contributed by atoms with E-state index in [0.717, 1.165) is 11.1 Å². The summed E-state index contributed by atoms with van der Waals surface area (Å²) in [7, 11) is 0. The van der Waals surface area contributed by atoms with Gasteiger partial charge < -0.3 is 16.2 Å². The summed E-state index contributed by atoms with van der Waals surface area (Å²) >= 11 is 0. The Hall–Kier alpha value is -2.56. The fourth-order valence-electron chi connectivity index (χ4n) is 1.74. The van der Waals surface area contributed by atoms with Crippen LogP contribution >= 0.6 is 0 Å². The smallest absolute Gasteiger partial charge is 0.186 e. The molecule has 2 aromatic carbocycles. The van der Waals surface area contributed by atoms with Crippen molar-refractivity contribution in [2.45, 2.75) is 13.5 Å². The Bertz CT molecular complexity index is 620. The Kier molecular flexibility index (Phi) is 4.20. The molecule has 0 spiro atoms. The van der Waals surface area contributed by atoms with E-state index in [1.807, 2.05) is 25.1 Å². The molecule has 2 rings (SSSR count). The van der Waals surface area contributed by atoms with Crippen LogP contribution in [0.3, 0.4) is 0 Å². The van der Waals surface area contributed by atoms with Crippen LogP contribution in [0.15, 0.2) is 47.5 Å². The van der Waals surface area contributed by atoms with Gasteiger partial charge in [-0.3, -0.25) is 0 Å². The number of nitrogens with zero attached hydrogens (tertiary/aromatic N) is 1. The van der Waals surface area contributed by atoms with Crippen molar-refractivity contribution in [2.24, 2.45) is 16.5 Å². The standard InChI is InChI=1S/C15H16FN3O/c1-10-8-11(9-19-15(17)18)2-7-14(10)20-13-5-3-12(16)4-6-13/h2-8H,9H2,1H3,(H4,17,18,19). The summed E-state index contributed by atoms with van der Waals surface area (Å²) in [4.78, 5) is 3.95. The molecule has 104 valence electrons. The van der Waals surface area contributed by atoms with E-state index in [9.17, 15) is 4.39 Å². The van der Waals surface area contributed by atoms with E-state index in [1.54, 1.807) is 12.1 Å². The molecule has 0 aliphatic heterocycles. The van der Waals surface area contributed by atoms with E-state index >= 15 is 0 Å². The number of hydrogen-bond donors (Lipinski definition) is 2. The van der Waals surface area contributed by atoms with Crippen molar-refractivity contribution in [3.8, 4) is 11.5 Å². The molecule has 5 heteroatoms. The third-order valence-electron chi connectivity index (χ3n) is 2.72.